The van der Waals surface area contributed by atoms with E-state index in [0.717, 1.165) is 0 Å². The van der Waals surface area contributed by atoms with Gasteiger partial charge in [0.05, 0.1) is 6.42 Å². The van der Waals surface area contributed by atoms with Gasteiger partial charge in [-0.1, -0.05) is 30.3 Å². The van der Waals surface area contributed by atoms with Gasteiger partial charge in [0.15, 0.2) is 5.60 Å². The quantitative estimate of drug-likeness (QED) is 0.649. The Kier molecular flexibility index (Phi) is 3.63. The van der Waals surface area contributed by atoms with Crippen LogP contribution in [0.25, 0.3) is 0 Å². The molecule has 16 heavy (non-hydrogen) atoms. The van der Waals surface area contributed by atoms with Crippen molar-refractivity contribution < 1.29 is 19.8 Å². The number of benzene rings is 1. The van der Waals surface area contributed by atoms with Crippen molar-refractivity contribution in [2.75, 3.05) is 0 Å². The van der Waals surface area contributed by atoms with Crippen LogP contribution >= 0.6 is 0 Å². The highest BCUT2D eigenvalue weighted by molar-refractivity contribution is 5.86. The van der Waals surface area contributed by atoms with Crippen LogP contribution in [-0.2, 0) is 16.0 Å². The fourth-order valence-electron chi connectivity index (χ4n) is 1.44. The minimum Gasteiger partial charge on any atom is -0.479 e. The van der Waals surface area contributed by atoms with E-state index in [-0.39, 0.29) is 6.42 Å². The number of aliphatic carboxylic acids is 1. The molecule has 0 saturated carbocycles. The topological polar surface area (TPSA) is 101 Å². The fourth-order valence-corrected chi connectivity index (χ4v) is 1.44. The smallest absolute Gasteiger partial charge is 0.336 e. The third kappa shape index (κ3) is 3.06. The van der Waals surface area contributed by atoms with Crippen LogP contribution in [0.4, 0.5) is 0 Å². The maximum atomic E-state index is 10.9. The Labute approximate surface area is 92.5 Å². The number of rotatable bonds is 5. The van der Waals surface area contributed by atoms with Gasteiger partial charge >= 0.3 is 5.97 Å². The number of carbonyl (C=O) groups is 2. The Morgan fingerprint density at radius 1 is 1.25 bits per heavy atom. The highest BCUT2D eigenvalue weighted by atomic mass is 16.4. The molecule has 0 aliphatic carbocycles. The number of nitrogens with two attached hydrogens (primary N) is 1. The van der Waals surface area contributed by atoms with Crippen molar-refractivity contribution in [3.05, 3.63) is 35.9 Å². The third-order valence-corrected chi connectivity index (χ3v) is 2.20. The number of hydrogen-bond acceptors (Lipinski definition) is 3. The lowest BCUT2D eigenvalue weighted by Crippen LogP contribution is -2.44. The van der Waals surface area contributed by atoms with Crippen LogP contribution in [-0.4, -0.2) is 27.7 Å². The van der Waals surface area contributed by atoms with Crippen molar-refractivity contribution in [3.8, 4) is 0 Å². The average Bonchev–Trinajstić information content (AvgIpc) is 2.17. The number of aliphatic hydroxyl groups is 1. The zero-order chi connectivity index (χ0) is 12.2. The van der Waals surface area contributed by atoms with E-state index in [9.17, 15) is 14.7 Å². The number of carbonyl (C=O) groups excluding carboxylic acids is 1. The van der Waals surface area contributed by atoms with E-state index in [1.54, 1.807) is 30.3 Å². The van der Waals surface area contributed by atoms with Crippen LogP contribution in [0.1, 0.15) is 12.0 Å². The molecule has 0 radical (unpaired) electrons. The van der Waals surface area contributed by atoms with Crippen molar-refractivity contribution in [1.82, 2.24) is 0 Å². The molecule has 0 bridgehead atoms. The van der Waals surface area contributed by atoms with Gasteiger partial charge in [-0.05, 0) is 5.56 Å². The van der Waals surface area contributed by atoms with Crippen LogP contribution in [0.3, 0.4) is 0 Å². The first kappa shape index (κ1) is 12.2. The van der Waals surface area contributed by atoms with Gasteiger partial charge in [-0.2, -0.15) is 0 Å². The Bertz CT molecular complexity index is 390. The molecular weight excluding hydrogens is 210 g/mol. The molecule has 0 spiro atoms. The Hall–Kier alpha value is -1.88. The summed E-state index contributed by atoms with van der Waals surface area (Å²) in [6, 6.07) is 8.57. The Balaban J connectivity index is 2.87. The van der Waals surface area contributed by atoms with Gasteiger partial charge in [0, 0.05) is 6.42 Å². The number of carboxylic acid groups (broad SMARTS) is 1. The van der Waals surface area contributed by atoms with Gasteiger partial charge in [0.2, 0.25) is 5.91 Å². The van der Waals surface area contributed by atoms with Gasteiger partial charge in [-0.25, -0.2) is 4.79 Å². The lowest BCUT2D eigenvalue weighted by molar-refractivity contribution is -0.161. The summed E-state index contributed by atoms with van der Waals surface area (Å²) in [4.78, 5) is 21.6. The summed E-state index contributed by atoms with van der Waals surface area (Å²) in [5.74, 6) is -2.30. The largest absolute Gasteiger partial charge is 0.479 e. The van der Waals surface area contributed by atoms with Crippen molar-refractivity contribution in [2.24, 2.45) is 5.73 Å². The molecule has 1 aromatic carbocycles. The predicted molar refractivity (Wildman–Crippen MR) is 56.5 cm³/mol. The monoisotopic (exact) mass is 223 g/mol. The van der Waals surface area contributed by atoms with Crippen molar-refractivity contribution in [2.45, 2.75) is 18.4 Å². The summed E-state index contributed by atoms with van der Waals surface area (Å²) < 4.78 is 0. The molecule has 1 amide bonds. The Morgan fingerprint density at radius 3 is 2.25 bits per heavy atom. The van der Waals surface area contributed by atoms with Crippen LogP contribution in [0, 0.1) is 0 Å². The molecule has 5 nitrogen and oxygen atoms in total. The summed E-state index contributed by atoms with van der Waals surface area (Å²) in [5, 5.41) is 18.7. The highest BCUT2D eigenvalue weighted by Crippen LogP contribution is 2.17. The first-order valence-electron chi connectivity index (χ1n) is 4.72. The molecule has 1 aromatic rings. The molecule has 0 aromatic heterocycles. The third-order valence-electron chi connectivity index (χ3n) is 2.20. The maximum absolute atomic E-state index is 10.9. The van der Waals surface area contributed by atoms with Gasteiger partial charge in [-0.3, -0.25) is 4.79 Å². The van der Waals surface area contributed by atoms with Crippen molar-refractivity contribution >= 4 is 11.9 Å². The van der Waals surface area contributed by atoms with Crippen molar-refractivity contribution in [1.29, 1.82) is 0 Å². The molecule has 4 N–H and O–H groups in total. The summed E-state index contributed by atoms with van der Waals surface area (Å²) in [6.45, 7) is 0. The molecule has 0 saturated heterocycles. The van der Waals surface area contributed by atoms with E-state index in [4.69, 9.17) is 10.8 Å². The van der Waals surface area contributed by atoms with Crippen LogP contribution in [0.5, 0.6) is 0 Å². The summed E-state index contributed by atoms with van der Waals surface area (Å²) in [5.41, 5.74) is 3.41. The zero-order valence-corrected chi connectivity index (χ0v) is 8.59. The minimum atomic E-state index is -2.13. The zero-order valence-electron chi connectivity index (χ0n) is 8.59. The van der Waals surface area contributed by atoms with Crippen LogP contribution < -0.4 is 5.73 Å². The first-order chi connectivity index (χ1) is 7.44. The Morgan fingerprint density at radius 2 is 1.81 bits per heavy atom. The van der Waals surface area contributed by atoms with E-state index in [0.29, 0.717) is 5.56 Å². The fraction of sp³-hybridized carbons (Fsp3) is 0.273. The number of amides is 1. The first-order valence-corrected chi connectivity index (χ1v) is 4.72. The molecular formula is C11H13NO4. The maximum Gasteiger partial charge on any atom is 0.336 e. The van der Waals surface area contributed by atoms with Gasteiger partial charge in [-0.15, -0.1) is 0 Å². The molecule has 0 aliphatic rings. The predicted octanol–water partition coefficient (Wildman–Crippen LogP) is -0.0798. The van der Waals surface area contributed by atoms with E-state index < -0.39 is 23.9 Å². The molecule has 0 fully saturated rings. The second-order valence-corrected chi connectivity index (χ2v) is 3.64. The molecule has 0 unspecified atom stereocenters. The molecule has 1 atom stereocenters. The molecule has 0 aliphatic heterocycles. The standard InChI is InChI=1S/C11H13NO4/c12-9(13)7-11(16,10(14)15)6-8-4-2-1-3-5-8/h1-5,16H,6-7H2,(H2,12,13)(H,14,15)/t11-/m0/s1. The summed E-state index contributed by atoms with van der Waals surface area (Å²) in [6.07, 6.45) is -0.747. The number of carboxylic acids is 1. The van der Waals surface area contributed by atoms with Crippen molar-refractivity contribution in [3.63, 3.8) is 0 Å². The van der Waals surface area contributed by atoms with Gasteiger partial charge in [0.1, 0.15) is 0 Å². The SMILES string of the molecule is NC(=O)C[C@@](O)(Cc1ccccc1)C(=O)O. The van der Waals surface area contributed by atoms with E-state index in [1.807, 2.05) is 0 Å². The summed E-state index contributed by atoms with van der Waals surface area (Å²) in [7, 11) is 0. The lowest BCUT2D eigenvalue weighted by Gasteiger charge is -2.21. The second-order valence-electron chi connectivity index (χ2n) is 3.64. The summed E-state index contributed by atoms with van der Waals surface area (Å²) >= 11 is 0. The lowest BCUT2D eigenvalue weighted by atomic mass is 9.91. The molecule has 86 valence electrons. The molecule has 0 heterocycles. The van der Waals surface area contributed by atoms with Crippen LogP contribution in [0.2, 0.25) is 0 Å². The minimum absolute atomic E-state index is 0.147. The normalized spacial score (nSPS) is 14.1. The number of hydrogen-bond donors (Lipinski definition) is 3. The molecule has 5 heteroatoms. The van der Waals surface area contributed by atoms with E-state index >= 15 is 0 Å². The average molecular weight is 223 g/mol. The second kappa shape index (κ2) is 4.76. The van der Waals surface area contributed by atoms with Gasteiger partial charge in [0.25, 0.3) is 0 Å². The number of primary amides is 1. The molecule has 1 rings (SSSR count). The van der Waals surface area contributed by atoms with E-state index in [2.05, 4.69) is 0 Å². The van der Waals surface area contributed by atoms with E-state index in [1.165, 1.54) is 0 Å². The highest BCUT2D eigenvalue weighted by Gasteiger charge is 2.37. The van der Waals surface area contributed by atoms with Gasteiger partial charge < -0.3 is 15.9 Å². The van der Waals surface area contributed by atoms with Crippen LogP contribution in [0.15, 0.2) is 30.3 Å².